The van der Waals surface area contributed by atoms with Crippen molar-refractivity contribution in [2.75, 3.05) is 0 Å². The van der Waals surface area contributed by atoms with Gasteiger partial charge in [-0.05, 0) is 29.5 Å². The standard InChI is InChI=1S/C23H15N3/c24-20-10-6-17(7-11-20)22-14-19(16-4-2-1-3-5-16)15-23(26-22)18-8-12-21(25)13-9-18/h1-15H. The van der Waals surface area contributed by atoms with Crippen LogP contribution in [0.4, 0.5) is 0 Å². The summed E-state index contributed by atoms with van der Waals surface area (Å²) in [7, 11) is 0. The first-order valence-electron chi connectivity index (χ1n) is 8.35. The molecule has 0 atom stereocenters. The lowest BCUT2D eigenvalue weighted by Gasteiger charge is -2.11. The maximum absolute atomic E-state index is 9.55. The van der Waals surface area contributed by atoms with Gasteiger partial charge in [-0.15, -0.1) is 0 Å². The third-order valence-electron chi connectivity index (χ3n) is 4.26. The van der Waals surface area contributed by atoms with Gasteiger partial charge in [0.15, 0.2) is 5.69 Å². The second kappa shape index (κ2) is 6.73. The van der Waals surface area contributed by atoms with E-state index in [1.54, 1.807) is 24.6 Å². The average molecular weight is 333 g/mol. The third-order valence-corrected chi connectivity index (χ3v) is 4.26. The van der Waals surface area contributed by atoms with E-state index < -0.39 is 0 Å². The molecule has 4 rings (SSSR count). The van der Waals surface area contributed by atoms with Crippen LogP contribution < -0.4 is 0 Å². The summed E-state index contributed by atoms with van der Waals surface area (Å²) in [4.78, 5) is 4.80. The molecular formula is C23H15N3. The Labute approximate surface area is 153 Å². The quantitative estimate of drug-likeness (QED) is 0.731. The molecule has 0 amide bonds. The van der Waals surface area contributed by atoms with Gasteiger partial charge in [0.05, 0.1) is 18.1 Å². The van der Waals surface area contributed by atoms with Crippen molar-refractivity contribution in [1.82, 2.24) is 4.98 Å². The molecule has 122 valence electrons. The molecule has 2 aliphatic rings. The van der Waals surface area contributed by atoms with E-state index in [0.29, 0.717) is 0 Å². The van der Waals surface area contributed by atoms with E-state index in [2.05, 4.69) is 12.1 Å². The molecule has 0 radical (unpaired) electrons. The Balaban J connectivity index is 1.81. The molecule has 0 bridgehead atoms. The van der Waals surface area contributed by atoms with E-state index in [4.69, 9.17) is 4.98 Å². The fraction of sp³-hybridized carbons (Fsp3) is 0. The van der Waals surface area contributed by atoms with Crippen LogP contribution in [0.3, 0.4) is 0 Å². The van der Waals surface area contributed by atoms with Gasteiger partial charge in [0.2, 0.25) is 0 Å². The molecule has 1 heterocycles. The largest absolute Gasteiger partial charge is 0.785 e. The summed E-state index contributed by atoms with van der Waals surface area (Å²) in [6.45, 7) is 0. The minimum absolute atomic E-state index is 0.228. The van der Waals surface area contributed by atoms with Gasteiger partial charge in [0.1, 0.15) is 11.3 Å². The maximum atomic E-state index is 9.55. The first-order valence-corrected chi connectivity index (χ1v) is 8.35. The summed E-state index contributed by atoms with van der Waals surface area (Å²) >= 11 is 0. The molecule has 26 heavy (non-hydrogen) atoms. The molecule has 3 heteroatoms. The van der Waals surface area contributed by atoms with Crippen LogP contribution in [-0.2, 0) is 0 Å². The Morgan fingerprint density at radius 1 is 0.846 bits per heavy atom. The Hall–Kier alpha value is -3.59. The van der Waals surface area contributed by atoms with Crippen LogP contribution in [0.5, 0.6) is 0 Å². The molecule has 1 aromatic heterocycles. The van der Waals surface area contributed by atoms with Crippen LogP contribution in [-0.4, -0.2) is 16.4 Å². The smallest absolute Gasteiger partial charge is 0.155 e. The number of benzene rings is 1. The molecular weight excluding hydrogens is 318 g/mol. The lowest BCUT2D eigenvalue weighted by Crippen LogP contribution is -2.05. The van der Waals surface area contributed by atoms with Crippen LogP contribution in [0.2, 0.25) is 0 Å². The summed E-state index contributed by atoms with van der Waals surface area (Å²) in [5.41, 5.74) is 5.21. The number of pyridine rings is 1. The maximum Gasteiger partial charge on any atom is 0.155 e. The molecule has 0 unspecified atom stereocenters. The number of hydrogen-bond donors (Lipinski definition) is 0. The number of nitrogens with zero attached hydrogens (tertiary/aromatic N) is 3. The second-order valence-corrected chi connectivity index (χ2v) is 6.09. The van der Waals surface area contributed by atoms with Gasteiger partial charge < -0.3 is 10.8 Å². The fourth-order valence-electron chi connectivity index (χ4n) is 2.89. The predicted octanol–water partition coefficient (Wildman–Crippen LogP) is 4.98. The molecule has 0 fully saturated rings. The van der Waals surface area contributed by atoms with Gasteiger partial charge >= 0.3 is 0 Å². The van der Waals surface area contributed by atoms with Gasteiger partial charge in [-0.1, -0.05) is 36.0 Å². The van der Waals surface area contributed by atoms with Gasteiger partial charge in [-0.2, -0.15) is 0 Å². The van der Waals surface area contributed by atoms with Crippen molar-refractivity contribution >= 4 is 17.0 Å². The van der Waals surface area contributed by atoms with E-state index in [0.717, 1.165) is 34.0 Å². The number of aromatic nitrogens is 1. The number of hydrogen-bond acceptors (Lipinski definition) is 1. The first-order chi connectivity index (χ1) is 12.7. The molecule has 2 aromatic rings. The van der Waals surface area contributed by atoms with Gasteiger partial charge in [-0.3, -0.25) is 0 Å². The highest BCUT2D eigenvalue weighted by molar-refractivity contribution is 6.10. The summed E-state index contributed by atoms with van der Waals surface area (Å²) in [5.74, 6) is 0.931. The van der Waals surface area contributed by atoms with Crippen LogP contribution in [0.1, 0.15) is 11.4 Å². The van der Waals surface area contributed by atoms with E-state index in [1.807, 2.05) is 54.6 Å². The lowest BCUT2D eigenvalue weighted by atomic mass is 9.93. The molecule has 1 aromatic carbocycles. The lowest BCUT2D eigenvalue weighted by molar-refractivity contribution is 1.15. The first kappa shape index (κ1) is 15.9. The monoisotopic (exact) mass is 333 g/mol. The molecule has 2 aliphatic carbocycles. The normalized spacial score (nSPS) is 15.8. The van der Waals surface area contributed by atoms with Gasteiger partial charge in [0.25, 0.3) is 0 Å². The Kier molecular flexibility index (Phi) is 4.12. The average Bonchev–Trinajstić information content (AvgIpc) is 2.69. The SMILES string of the molecule is [N-]=C1C=C[C+](c2cc(-c3ccccc3)cc(C3=C[CH+]C(=[N-])C=C3)n2)C=C1. The zero-order chi connectivity index (χ0) is 17.9. The summed E-state index contributed by atoms with van der Waals surface area (Å²) < 4.78 is 0. The molecule has 0 N–H and O–H groups in total. The highest BCUT2D eigenvalue weighted by Crippen LogP contribution is 2.29. The van der Waals surface area contributed by atoms with Crippen molar-refractivity contribution in [3.05, 3.63) is 120 Å². The molecule has 0 aliphatic heterocycles. The number of rotatable bonds is 3. The van der Waals surface area contributed by atoms with Crippen LogP contribution >= 0.6 is 0 Å². The van der Waals surface area contributed by atoms with Crippen molar-refractivity contribution in [2.24, 2.45) is 0 Å². The van der Waals surface area contributed by atoms with Crippen molar-refractivity contribution in [3.8, 4) is 11.1 Å². The topological polar surface area (TPSA) is 57.5 Å². The minimum atomic E-state index is 0.228. The Morgan fingerprint density at radius 2 is 1.62 bits per heavy atom. The highest BCUT2D eigenvalue weighted by Gasteiger charge is 2.21. The summed E-state index contributed by atoms with van der Waals surface area (Å²) in [5, 5.41) is 19.1. The molecule has 0 saturated heterocycles. The van der Waals surface area contributed by atoms with Crippen LogP contribution in [0, 0.1) is 12.3 Å². The molecule has 0 saturated carbocycles. The van der Waals surface area contributed by atoms with Crippen LogP contribution in [0.15, 0.2) is 85.0 Å². The van der Waals surface area contributed by atoms with Gasteiger partial charge in [-0.25, -0.2) is 4.98 Å². The van der Waals surface area contributed by atoms with Crippen LogP contribution in [0.25, 0.3) is 27.5 Å². The molecule has 0 spiro atoms. The predicted molar refractivity (Wildman–Crippen MR) is 108 cm³/mol. The van der Waals surface area contributed by atoms with E-state index in [9.17, 15) is 10.8 Å². The molecule has 3 nitrogen and oxygen atoms in total. The van der Waals surface area contributed by atoms with Crippen molar-refractivity contribution < 1.29 is 0 Å². The van der Waals surface area contributed by atoms with E-state index >= 15 is 0 Å². The fourth-order valence-corrected chi connectivity index (χ4v) is 2.89. The zero-order valence-electron chi connectivity index (χ0n) is 14.0. The summed E-state index contributed by atoms with van der Waals surface area (Å²) in [6.07, 6.45) is 14.1. The Morgan fingerprint density at radius 3 is 2.31 bits per heavy atom. The highest BCUT2D eigenvalue weighted by atomic mass is 14.7. The minimum Gasteiger partial charge on any atom is -0.785 e. The van der Waals surface area contributed by atoms with E-state index in [-0.39, 0.29) is 11.4 Å². The van der Waals surface area contributed by atoms with Gasteiger partial charge in [0, 0.05) is 36.3 Å². The van der Waals surface area contributed by atoms with Crippen molar-refractivity contribution in [3.63, 3.8) is 0 Å². The van der Waals surface area contributed by atoms with Crippen molar-refractivity contribution in [1.29, 1.82) is 0 Å². The zero-order valence-corrected chi connectivity index (χ0v) is 14.0. The van der Waals surface area contributed by atoms with E-state index in [1.165, 1.54) is 0 Å². The Bertz CT molecular complexity index is 975. The van der Waals surface area contributed by atoms with Crippen molar-refractivity contribution in [2.45, 2.75) is 0 Å². The third kappa shape index (κ3) is 3.28. The summed E-state index contributed by atoms with van der Waals surface area (Å²) in [6, 6.07) is 14.2. The second-order valence-electron chi connectivity index (χ2n) is 6.09. The number of allylic oxidation sites excluding steroid dienone is 8.